The smallest absolute Gasteiger partial charge is 0.324 e. The lowest BCUT2D eigenvalue weighted by Crippen LogP contribution is -2.42. The van der Waals surface area contributed by atoms with Crippen molar-refractivity contribution in [3.05, 3.63) is 59.2 Å². The topological polar surface area (TPSA) is 78.9 Å². The summed E-state index contributed by atoms with van der Waals surface area (Å²) in [7, 11) is 3.79. The predicted molar refractivity (Wildman–Crippen MR) is 92.0 cm³/mol. The van der Waals surface area contributed by atoms with Crippen LogP contribution in [0, 0.1) is 5.41 Å². The van der Waals surface area contributed by atoms with Gasteiger partial charge in [-0.25, -0.2) is 0 Å². The van der Waals surface area contributed by atoms with Crippen molar-refractivity contribution >= 4 is 17.9 Å². The number of hydrogen-bond acceptors (Lipinski definition) is 6. The second kappa shape index (κ2) is 6.44. The Morgan fingerprint density at radius 3 is 1.96 bits per heavy atom. The van der Waals surface area contributed by atoms with Crippen LogP contribution in [0.5, 0.6) is 0 Å². The maximum atomic E-state index is 12.8. The minimum Gasteiger partial charge on any atom is -0.468 e. The Morgan fingerprint density at radius 1 is 0.846 bits per heavy atom. The van der Waals surface area contributed by atoms with Crippen LogP contribution in [0.4, 0.5) is 0 Å². The molecule has 0 amide bonds. The van der Waals surface area contributed by atoms with E-state index in [4.69, 9.17) is 14.2 Å². The fourth-order valence-corrected chi connectivity index (χ4v) is 3.99. The molecule has 26 heavy (non-hydrogen) atoms. The summed E-state index contributed by atoms with van der Waals surface area (Å²) in [5.74, 6) is -1.80. The Labute approximate surface area is 151 Å². The van der Waals surface area contributed by atoms with E-state index in [1.807, 2.05) is 30.3 Å². The lowest BCUT2D eigenvalue weighted by molar-refractivity contribution is -0.168. The van der Waals surface area contributed by atoms with Crippen molar-refractivity contribution in [2.24, 2.45) is 5.41 Å². The molecule has 0 spiro atoms. The van der Waals surface area contributed by atoms with Crippen LogP contribution in [0.25, 0.3) is 0 Å². The van der Waals surface area contributed by atoms with E-state index in [9.17, 15) is 14.4 Å². The van der Waals surface area contributed by atoms with Gasteiger partial charge in [0, 0.05) is 0 Å². The summed E-state index contributed by atoms with van der Waals surface area (Å²) in [6.45, 7) is 0. The summed E-state index contributed by atoms with van der Waals surface area (Å²) in [6, 6.07) is 9.16. The molecule has 1 aromatic rings. The molecule has 1 unspecified atom stereocenters. The predicted octanol–water partition coefficient (Wildman–Crippen LogP) is 2.09. The van der Waals surface area contributed by atoms with E-state index in [0.29, 0.717) is 5.57 Å². The van der Waals surface area contributed by atoms with Crippen molar-refractivity contribution in [3.8, 4) is 0 Å². The molecule has 0 N–H and O–H groups in total. The van der Waals surface area contributed by atoms with Gasteiger partial charge in [-0.2, -0.15) is 0 Å². The first-order chi connectivity index (χ1) is 12.5. The first-order valence-corrected chi connectivity index (χ1v) is 8.19. The lowest BCUT2D eigenvalue weighted by Gasteiger charge is -2.31. The number of ether oxygens (including phenoxy) is 3. The van der Waals surface area contributed by atoms with E-state index in [1.54, 1.807) is 12.2 Å². The van der Waals surface area contributed by atoms with Crippen LogP contribution in [0.2, 0.25) is 0 Å². The van der Waals surface area contributed by atoms with Gasteiger partial charge in [0.25, 0.3) is 0 Å². The van der Waals surface area contributed by atoms with Crippen LogP contribution in [0.3, 0.4) is 0 Å². The number of carbonyl (C=O) groups excluding carboxylic acids is 3. The molecule has 136 valence electrons. The minimum atomic E-state index is -1.48. The molecule has 0 bridgehead atoms. The lowest BCUT2D eigenvalue weighted by atomic mass is 9.72. The molecule has 0 fully saturated rings. The zero-order valence-corrected chi connectivity index (χ0v) is 14.9. The molecule has 2 aliphatic rings. The van der Waals surface area contributed by atoms with Gasteiger partial charge in [0.1, 0.15) is 5.41 Å². The van der Waals surface area contributed by atoms with Crippen molar-refractivity contribution in [2.75, 3.05) is 21.3 Å². The van der Waals surface area contributed by atoms with E-state index >= 15 is 0 Å². The summed E-state index contributed by atoms with van der Waals surface area (Å²) in [5.41, 5.74) is -0.484. The van der Waals surface area contributed by atoms with Crippen LogP contribution in [-0.2, 0) is 34.0 Å². The number of methoxy groups -OCH3 is 3. The summed E-state index contributed by atoms with van der Waals surface area (Å²) in [4.78, 5) is 37.8. The van der Waals surface area contributed by atoms with Crippen molar-refractivity contribution < 1.29 is 28.6 Å². The molecular weight excluding hydrogens is 336 g/mol. The molecule has 0 aliphatic heterocycles. The number of allylic oxidation sites excluding steroid dienone is 2. The van der Waals surface area contributed by atoms with E-state index in [0.717, 1.165) is 11.1 Å². The molecular formula is C20H20O6. The van der Waals surface area contributed by atoms with Gasteiger partial charge in [-0.3, -0.25) is 14.4 Å². The van der Waals surface area contributed by atoms with Gasteiger partial charge < -0.3 is 14.2 Å². The van der Waals surface area contributed by atoms with Crippen LogP contribution < -0.4 is 0 Å². The number of benzene rings is 1. The van der Waals surface area contributed by atoms with Crippen molar-refractivity contribution in [2.45, 2.75) is 18.3 Å². The third-order valence-corrected chi connectivity index (χ3v) is 5.26. The maximum Gasteiger partial charge on any atom is 0.324 e. The third kappa shape index (κ3) is 2.29. The highest BCUT2D eigenvalue weighted by molar-refractivity contribution is 6.03. The molecule has 1 aromatic carbocycles. The monoisotopic (exact) mass is 356 g/mol. The fourth-order valence-electron chi connectivity index (χ4n) is 3.99. The number of esters is 3. The summed E-state index contributed by atoms with van der Waals surface area (Å²) in [5, 5.41) is 0. The van der Waals surface area contributed by atoms with Gasteiger partial charge in [-0.05, 0) is 29.6 Å². The molecule has 1 atom stereocenters. The third-order valence-electron chi connectivity index (χ3n) is 5.26. The molecule has 6 nitrogen and oxygen atoms in total. The van der Waals surface area contributed by atoms with Crippen molar-refractivity contribution in [1.29, 1.82) is 0 Å². The summed E-state index contributed by atoms with van der Waals surface area (Å²) >= 11 is 0. The first-order valence-electron chi connectivity index (χ1n) is 8.19. The molecule has 6 heteroatoms. The van der Waals surface area contributed by atoms with Gasteiger partial charge in [-0.1, -0.05) is 42.5 Å². The second-order valence-electron chi connectivity index (χ2n) is 6.42. The second-order valence-corrected chi connectivity index (χ2v) is 6.42. The van der Waals surface area contributed by atoms with Gasteiger partial charge in [0.2, 0.25) is 0 Å². The van der Waals surface area contributed by atoms with Gasteiger partial charge in [0.15, 0.2) is 5.41 Å². The van der Waals surface area contributed by atoms with Gasteiger partial charge in [-0.15, -0.1) is 0 Å². The summed E-state index contributed by atoms with van der Waals surface area (Å²) < 4.78 is 14.8. The molecule has 0 aromatic heterocycles. The normalized spacial score (nSPS) is 22.7. The van der Waals surface area contributed by atoms with Crippen molar-refractivity contribution in [3.63, 3.8) is 0 Å². The highest BCUT2D eigenvalue weighted by atomic mass is 16.5. The van der Waals surface area contributed by atoms with Crippen LogP contribution in [-0.4, -0.2) is 39.2 Å². The van der Waals surface area contributed by atoms with Gasteiger partial charge >= 0.3 is 17.9 Å². The summed E-state index contributed by atoms with van der Waals surface area (Å²) in [6.07, 6.45) is 3.73. The SMILES string of the molecule is COC(=O)C1(C(=O)OC)CC2=C(C1)C(C(=O)OC)(c1ccccc1)C=C2. The quantitative estimate of drug-likeness (QED) is 0.467. The number of carbonyl (C=O) groups is 3. The Kier molecular flexibility index (Phi) is 4.44. The van der Waals surface area contributed by atoms with E-state index < -0.39 is 28.7 Å². The van der Waals surface area contributed by atoms with Crippen LogP contribution in [0.1, 0.15) is 18.4 Å². The highest BCUT2D eigenvalue weighted by Crippen LogP contribution is 2.55. The Hall–Kier alpha value is -2.89. The van der Waals surface area contributed by atoms with Crippen molar-refractivity contribution in [1.82, 2.24) is 0 Å². The molecule has 2 aliphatic carbocycles. The average Bonchev–Trinajstić information content (AvgIpc) is 3.24. The van der Waals surface area contributed by atoms with Gasteiger partial charge in [0.05, 0.1) is 21.3 Å². The standard InChI is InChI=1S/C20H20O6/c1-24-16(21)19(17(22)25-2)11-13-9-10-20(15(13)12-19,18(23)26-3)14-7-5-4-6-8-14/h4-10H,11-12H2,1-3H3. The highest BCUT2D eigenvalue weighted by Gasteiger charge is 2.59. The van der Waals surface area contributed by atoms with E-state index in [2.05, 4.69) is 0 Å². The van der Waals surface area contributed by atoms with Crippen LogP contribution >= 0.6 is 0 Å². The Balaban J connectivity index is 2.13. The number of rotatable bonds is 4. The first kappa shape index (κ1) is 17.9. The van der Waals surface area contributed by atoms with E-state index in [1.165, 1.54) is 21.3 Å². The van der Waals surface area contributed by atoms with E-state index in [-0.39, 0.29) is 12.8 Å². The maximum absolute atomic E-state index is 12.8. The largest absolute Gasteiger partial charge is 0.468 e. The fraction of sp³-hybridized carbons (Fsp3) is 0.350. The molecule has 0 radical (unpaired) electrons. The van der Waals surface area contributed by atoms with Crippen LogP contribution in [0.15, 0.2) is 53.6 Å². The minimum absolute atomic E-state index is 0.0404. The Bertz CT molecular complexity index is 804. The molecule has 3 rings (SSSR count). The zero-order chi connectivity index (χ0) is 18.9. The molecule has 0 saturated carbocycles. The zero-order valence-electron chi connectivity index (χ0n) is 14.9. The average molecular weight is 356 g/mol. The molecule has 0 heterocycles. The Morgan fingerprint density at radius 2 is 1.42 bits per heavy atom. The molecule has 0 saturated heterocycles. The number of hydrogen-bond donors (Lipinski definition) is 0.